The topological polar surface area (TPSA) is 66.1 Å². The molecule has 0 aliphatic carbocycles. The van der Waals surface area contributed by atoms with E-state index in [1.54, 1.807) is 24.5 Å². The van der Waals surface area contributed by atoms with Crippen molar-refractivity contribution in [3.05, 3.63) is 62.4 Å². The molecule has 3 rings (SSSR count). The molecule has 1 aromatic heterocycles. The van der Waals surface area contributed by atoms with E-state index >= 15 is 0 Å². The Bertz CT molecular complexity index is 712. The van der Waals surface area contributed by atoms with Gasteiger partial charge >= 0.3 is 0 Å². The number of hydrazine groups is 1. The van der Waals surface area contributed by atoms with E-state index in [-0.39, 0.29) is 24.0 Å². The van der Waals surface area contributed by atoms with Gasteiger partial charge in [0.15, 0.2) is 0 Å². The number of rotatable bonds is 3. The van der Waals surface area contributed by atoms with Gasteiger partial charge in [-0.15, -0.1) is 0 Å². The van der Waals surface area contributed by atoms with Crippen molar-refractivity contribution in [2.45, 2.75) is 19.1 Å². The van der Waals surface area contributed by atoms with Crippen LogP contribution in [0.4, 0.5) is 0 Å². The van der Waals surface area contributed by atoms with Crippen LogP contribution in [-0.4, -0.2) is 17.1 Å². The van der Waals surface area contributed by atoms with E-state index in [1.165, 1.54) is 0 Å². The van der Waals surface area contributed by atoms with Crippen LogP contribution in [0.5, 0.6) is 0 Å². The fourth-order valence-electron chi connectivity index (χ4n) is 2.65. The number of nitrogens with one attached hydrogen (secondary N) is 3. The monoisotopic (exact) mass is 442 g/mol. The fraction of sp³-hybridized carbons (Fsp3) is 0.250. The highest BCUT2D eigenvalue weighted by Crippen LogP contribution is 2.27. The minimum absolute atomic E-state index is 0.113. The number of halogens is 2. The number of benzene rings is 1. The summed E-state index contributed by atoms with van der Waals surface area (Å²) in [5.74, 6) is 0.0385. The minimum Gasteiger partial charge on any atom is -0.335 e. The first-order chi connectivity index (χ1) is 11.1. The van der Waals surface area contributed by atoms with Gasteiger partial charge in [-0.25, -0.2) is 10.9 Å². The number of hydrogen-bond donors (Lipinski definition) is 3. The second-order valence-electron chi connectivity index (χ2n) is 5.48. The maximum Gasteiger partial charge on any atom is 0.253 e. The van der Waals surface area contributed by atoms with Crippen molar-refractivity contribution in [3.8, 4) is 0 Å². The third-order valence-electron chi connectivity index (χ3n) is 3.97. The third kappa shape index (κ3) is 3.65. The average molecular weight is 443 g/mol. The maximum atomic E-state index is 12.5. The third-order valence-corrected chi connectivity index (χ3v) is 5.15. The standard InChI is InChI=1S/C16H16ClIN4O/c1-9-14(10-4-6-19-7-5-10)21-22-15(9)20-16(23)12-8-11(17)2-3-13(12)18/h2-9,14-15,21-22H,1H3,(H,20,23). The van der Waals surface area contributed by atoms with Crippen molar-refractivity contribution < 1.29 is 4.79 Å². The summed E-state index contributed by atoms with van der Waals surface area (Å²) in [6.45, 7) is 2.09. The Labute approximate surface area is 153 Å². The van der Waals surface area contributed by atoms with Crippen molar-refractivity contribution in [3.63, 3.8) is 0 Å². The first-order valence-electron chi connectivity index (χ1n) is 7.23. The smallest absolute Gasteiger partial charge is 0.253 e. The Morgan fingerprint density at radius 3 is 2.74 bits per heavy atom. The molecular weight excluding hydrogens is 427 g/mol. The normalized spacial score (nSPS) is 23.7. The number of nitrogens with zero attached hydrogens (tertiary/aromatic N) is 1. The van der Waals surface area contributed by atoms with Crippen LogP contribution in [0.3, 0.4) is 0 Å². The van der Waals surface area contributed by atoms with E-state index in [0.717, 1.165) is 9.13 Å². The van der Waals surface area contributed by atoms with Gasteiger partial charge in [-0.05, 0) is 58.5 Å². The zero-order chi connectivity index (χ0) is 16.4. The largest absolute Gasteiger partial charge is 0.335 e. The van der Waals surface area contributed by atoms with Crippen LogP contribution < -0.4 is 16.2 Å². The first-order valence-corrected chi connectivity index (χ1v) is 8.69. The lowest BCUT2D eigenvalue weighted by atomic mass is 9.95. The number of aromatic nitrogens is 1. The Morgan fingerprint density at radius 1 is 1.26 bits per heavy atom. The summed E-state index contributed by atoms with van der Waals surface area (Å²) in [6, 6.07) is 9.35. The van der Waals surface area contributed by atoms with Crippen LogP contribution in [0.15, 0.2) is 42.7 Å². The van der Waals surface area contributed by atoms with Gasteiger partial charge in [0, 0.05) is 26.9 Å². The van der Waals surface area contributed by atoms with Crippen LogP contribution in [0.2, 0.25) is 5.02 Å². The van der Waals surface area contributed by atoms with Gasteiger partial charge in [0.2, 0.25) is 0 Å². The molecule has 0 spiro atoms. The lowest BCUT2D eigenvalue weighted by Gasteiger charge is -2.20. The molecule has 2 aromatic rings. The SMILES string of the molecule is CC1C(NC(=O)c2cc(Cl)ccc2I)NNC1c1ccncc1. The molecule has 1 aromatic carbocycles. The number of carbonyl (C=O) groups is 1. The summed E-state index contributed by atoms with van der Waals surface area (Å²) in [5.41, 5.74) is 8.10. The van der Waals surface area contributed by atoms with Crippen molar-refractivity contribution in [2.24, 2.45) is 5.92 Å². The molecule has 3 atom stereocenters. The van der Waals surface area contributed by atoms with Crippen LogP contribution >= 0.6 is 34.2 Å². The molecule has 0 bridgehead atoms. The van der Waals surface area contributed by atoms with Crippen molar-refractivity contribution in [1.82, 2.24) is 21.2 Å². The Balaban J connectivity index is 1.72. The highest BCUT2D eigenvalue weighted by molar-refractivity contribution is 14.1. The molecule has 7 heteroatoms. The number of amides is 1. The highest BCUT2D eigenvalue weighted by Gasteiger charge is 2.34. The van der Waals surface area contributed by atoms with Gasteiger partial charge in [0.25, 0.3) is 5.91 Å². The maximum absolute atomic E-state index is 12.5. The van der Waals surface area contributed by atoms with E-state index in [0.29, 0.717) is 10.6 Å². The van der Waals surface area contributed by atoms with Crippen molar-refractivity contribution >= 4 is 40.1 Å². The van der Waals surface area contributed by atoms with E-state index < -0.39 is 0 Å². The summed E-state index contributed by atoms with van der Waals surface area (Å²) < 4.78 is 0.869. The van der Waals surface area contributed by atoms with Gasteiger partial charge < -0.3 is 5.32 Å². The Morgan fingerprint density at radius 2 is 2.00 bits per heavy atom. The molecule has 1 aliphatic heterocycles. The predicted molar refractivity (Wildman–Crippen MR) is 97.8 cm³/mol. The summed E-state index contributed by atoms with van der Waals surface area (Å²) >= 11 is 8.13. The van der Waals surface area contributed by atoms with E-state index in [9.17, 15) is 4.79 Å². The van der Waals surface area contributed by atoms with E-state index in [1.807, 2.05) is 18.2 Å². The fourth-order valence-corrected chi connectivity index (χ4v) is 3.40. The van der Waals surface area contributed by atoms with Crippen LogP contribution in [0.25, 0.3) is 0 Å². The molecule has 0 radical (unpaired) electrons. The van der Waals surface area contributed by atoms with Gasteiger partial charge in [0.05, 0.1) is 17.8 Å². The van der Waals surface area contributed by atoms with E-state index in [2.05, 4.69) is 50.7 Å². The van der Waals surface area contributed by atoms with Crippen LogP contribution in [0.1, 0.15) is 28.9 Å². The predicted octanol–water partition coefficient (Wildman–Crippen LogP) is 2.88. The number of hydrogen-bond acceptors (Lipinski definition) is 4. The molecule has 1 saturated heterocycles. The summed E-state index contributed by atoms with van der Waals surface area (Å²) in [7, 11) is 0. The number of carbonyl (C=O) groups excluding carboxylic acids is 1. The summed E-state index contributed by atoms with van der Waals surface area (Å²) in [6.07, 6.45) is 3.36. The Hall–Kier alpha value is -1.22. The average Bonchev–Trinajstić information content (AvgIpc) is 2.91. The Kier molecular flexibility index (Phi) is 5.15. The molecular formula is C16H16ClIN4O. The van der Waals surface area contributed by atoms with Gasteiger partial charge in [-0.1, -0.05) is 18.5 Å². The zero-order valence-corrected chi connectivity index (χ0v) is 15.3. The molecule has 23 heavy (non-hydrogen) atoms. The lowest BCUT2D eigenvalue weighted by Crippen LogP contribution is -2.46. The van der Waals surface area contributed by atoms with Crippen LogP contribution in [-0.2, 0) is 0 Å². The van der Waals surface area contributed by atoms with E-state index in [4.69, 9.17) is 11.6 Å². The molecule has 1 fully saturated rings. The molecule has 1 amide bonds. The molecule has 120 valence electrons. The van der Waals surface area contributed by atoms with Crippen molar-refractivity contribution in [2.75, 3.05) is 0 Å². The van der Waals surface area contributed by atoms with Crippen LogP contribution in [0, 0.1) is 9.49 Å². The quantitative estimate of drug-likeness (QED) is 0.640. The van der Waals surface area contributed by atoms with Gasteiger partial charge in [-0.2, -0.15) is 0 Å². The van der Waals surface area contributed by atoms with Gasteiger partial charge in [0.1, 0.15) is 0 Å². The molecule has 1 aliphatic rings. The second-order valence-corrected chi connectivity index (χ2v) is 7.08. The first kappa shape index (κ1) is 16.6. The zero-order valence-electron chi connectivity index (χ0n) is 12.4. The highest BCUT2D eigenvalue weighted by atomic mass is 127. The molecule has 5 nitrogen and oxygen atoms in total. The van der Waals surface area contributed by atoms with Gasteiger partial charge in [-0.3, -0.25) is 9.78 Å². The molecule has 3 unspecified atom stereocenters. The molecule has 2 heterocycles. The summed E-state index contributed by atoms with van der Waals surface area (Å²) in [5, 5.41) is 3.57. The van der Waals surface area contributed by atoms with Crippen molar-refractivity contribution in [1.29, 1.82) is 0 Å². The molecule has 0 saturated carbocycles. The second kappa shape index (κ2) is 7.12. The number of pyridine rings is 1. The molecule has 3 N–H and O–H groups in total. The summed E-state index contributed by atoms with van der Waals surface area (Å²) in [4.78, 5) is 16.5. The lowest BCUT2D eigenvalue weighted by molar-refractivity contribution is 0.0922. The minimum atomic E-state index is -0.171.